The molecule has 0 aliphatic carbocycles. The molecule has 0 atom stereocenters. The van der Waals surface area contributed by atoms with Crippen molar-refractivity contribution in [3.05, 3.63) is 34.3 Å². The molecule has 0 saturated carbocycles. The molecule has 1 saturated heterocycles. The largest absolute Gasteiger partial charge is 0.356 e. The highest BCUT2D eigenvalue weighted by molar-refractivity contribution is 9.10. The summed E-state index contributed by atoms with van der Waals surface area (Å²) in [5.41, 5.74) is 0.694. The van der Waals surface area contributed by atoms with E-state index in [9.17, 15) is 9.59 Å². The first-order valence-electron chi connectivity index (χ1n) is 8.30. The quantitative estimate of drug-likeness (QED) is 0.849. The van der Waals surface area contributed by atoms with E-state index in [4.69, 9.17) is 0 Å². The van der Waals surface area contributed by atoms with E-state index in [1.807, 2.05) is 29.2 Å². The van der Waals surface area contributed by atoms with Crippen LogP contribution in [0, 0.1) is 11.8 Å². The minimum absolute atomic E-state index is 0.0359. The van der Waals surface area contributed by atoms with Crippen molar-refractivity contribution in [2.24, 2.45) is 11.8 Å². The number of halogens is 1. The minimum atomic E-state index is 0.0359. The van der Waals surface area contributed by atoms with Crippen molar-refractivity contribution < 1.29 is 9.59 Å². The van der Waals surface area contributed by atoms with Crippen molar-refractivity contribution in [3.8, 4) is 0 Å². The third-order valence-electron chi connectivity index (χ3n) is 4.25. The van der Waals surface area contributed by atoms with Gasteiger partial charge in [0.05, 0.1) is 0 Å². The summed E-state index contributed by atoms with van der Waals surface area (Å²) in [4.78, 5) is 26.5. The molecule has 1 aromatic carbocycles. The third kappa shape index (κ3) is 5.34. The highest BCUT2D eigenvalue weighted by Gasteiger charge is 2.27. The first-order valence-corrected chi connectivity index (χ1v) is 9.09. The van der Waals surface area contributed by atoms with Gasteiger partial charge >= 0.3 is 0 Å². The van der Waals surface area contributed by atoms with Crippen LogP contribution in [-0.4, -0.2) is 36.3 Å². The van der Waals surface area contributed by atoms with Gasteiger partial charge in [-0.15, -0.1) is 0 Å². The molecule has 5 heteroatoms. The van der Waals surface area contributed by atoms with Crippen molar-refractivity contribution in [2.75, 3.05) is 19.6 Å². The van der Waals surface area contributed by atoms with Crippen molar-refractivity contribution in [1.29, 1.82) is 0 Å². The lowest BCUT2D eigenvalue weighted by Crippen LogP contribution is -2.43. The average molecular weight is 381 g/mol. The number of carbonyl (C=O) groups is 2. The molecule has 23 heavy (non-hydrogen) atoms. The molecule has 0 aromatic heterocycles. The number of rotatable bonds is 5. The summed E-state index contributed by atoms with van der Waals surface area (Å²) in [6, 6.07) is 7.45. The van der Waals surface area contributed by atoms with Crippen LogP contribution < -0.4 is 5.32 Å². The molecule has 0 bridgehead atoms. The van der Waals surface area contributed by atoms with E-state index in [2.05, 4.69) is 35.1 Å². The van der Waals surface area contributed by atoms with Crippen LogP contribution in [0.2, 0.25) is 0 Å². The maximum absolute atomic E-state index is 12.5. The van der Waals surface area contributed by atoms with E-state index in [0.717, 1.165) is 30.3 Å². The number of hydrogen-bond donors (Lipinski definition) is 1. The van der Waals surface area contributed by atoms with Gasteiger partial charge in [0.25, 0.3) is 5.91 Å². The van der Waals surface area contributed by atoms with E-state index in [1.165, 1.54) is 0 Å². The van der Waals surface area contributed by atoms with Gasteiger partial charge in [0, 0.05) is 35.6 Å². The SMILES string of the molecule is CC(C)CCNC(=O)C1CCN(C(=O)c2cccc(Br)c2)CC1. The van der Waals surface area contributed by atoms with Crippen LogP contribution in [0.15, 0.2) is 28.7 Å². The van der Waals surface area contributed by atoms with Gasteiger partial charge in [-0.3, -0.25) is 9.59 Å². The Morgan fingerprint density at radius 2 is 2.00 bits per heavy atom. The van der Waals surface area contributed by atoms with Crippen molar-refractivity contribution in [2.45, 2.75) is 33.1 Å². The molecule has 1 aliphatic heterocycles. The van der Waals surface area contributed by atoms with E-state index >= 15 is 0 Å². The van der Waals surface area contributed by atoms with E-state index < -0.39 is 0 Å². The summed E-state index contributed by atoms with van der Waals surface area (Å²) in [6.45, 7) is 6.34. The number of nitrogens with zero attached hydrogens (tertiary/aromatic N) is 1. The van der Waals surface area contributed by atoms with E-state index in [1.54, 1.807) is 0 Å². The topological polar surface area (TPSA) is 49.4 Å². The first-order chi connectivity index (χ1) is 11.0. The molecule has 1 aliphatic rings. The number of likely N-dealkylation sites (tertiary alicyclic amines) is 1. The Morgan fingerprint density at radius 3 is 2.61 bits per heavy atom. The molecule has 2 rings (SSSR count). The van der Waals surface area contributed by atoms with Gasteiger partial charge < -0.3 is 10.2 Å². The summed E-state index contributed by atoms with van der Waals surface area (Å²) in [5.74, 6) is 0.818. The molecular weight excluding hydrogens is 356 g/mol. The average Bonchev–Trinajstić information content (AvgIpc) is 2.54. The molecule has 4 nitrogen and oxygen atoms in total. The molecule has 2 amide bonds. The Labute approximate surface area is 146 Å². The number of carbonyl (C=O) groups excluding carboxylic acids is 2. The maximum atomic E-state index is 12.5. The standard InChI is InChI=1S/C18H25BrN2O2/c1-13(2)6-9-20-17(22)14-7-10-21(11-8-14)18(23)15-4-3-5-16(19)12-15/h3-5,12-14H,6-11H2,1-2H3,(H,20,22). The molecule has 0 unspecified atom stereocenters. The Kier molecular flexibility index (Phi) is 6.63. The highest BCUT2D eigenvalue weighted by Crippen LogP contribution is 2.20. The van der Waals surface area contributed by atoms with Gasteiger partial charge in [-0.05, 0) is 43.4 Å². The predicted molar refractivity (Wildman–Crippen MR) is 95.2 cm³/mol. The zero-order valence-corrected chi connectivity index (χ0v) is 15.4. The maximum Gasteiger partial charge on any atom is 0.253 e. The number of nitrogens with one attached hydrogen (secondary N) is 1. The normalized spacial score (nSPS) is 15.7. The lowest BCUT2D eigenvalue weighted by atomic mass is 9.95. The van der Waals surface area contributed by atoms with Crippen molar-refractivity contribution in [3.63, 3.8) is 0 Å². The molecule has 0 radical (unpaired) electrons. The van der Waals surface area contributed by atoms with E-state index in [-0.39, 0.29) is 17.7 Å². The second-order valence-corrected chi connectivity index (χ2v) is 7.47. The third-order valence-corrected chi connectivity index (χ3v) is 4.74. The van der Waals surface area contributed by atoms with Crippen LogP contribution in [0.4, 0.5) is 0 Å². The number of piperidine rings is 1. The fourth-order valence-corrected chi connectivity index (χ4v) is 3.18. The second-order valence-electron chi connectivity index (χ2n) is 6.55. The zero-order chi connectivity index (χ0) is 16.8. The minimum Gasteiger partial charge on any atom is -0.356 e. The number of hydrogen-bond acceptors (Lipinski definition) is 2. The Bertz CT molecular complexity index is 552. The fraction of sp³-hybridized carbons (Fsp3) is 0.556. The first kappa shape index (κ1) is 18.0. The summed E-state index contributed by atoms with van der Waals surface area (Å²) < 4.78 is 0.905. The second kappa shape index (κ2) is 8.48. The summed E-state index contributed by atoms with van der Waals surface area (Å²) in [6.07, 6.45) is 2.49. The molecule has 126 valence electrons. The van der Waals surface area contributed by atoms with Crippen LogP contribution in [0.5, 0.6) is 0 Å². The summed E-state index contributed by atoms with van der Waals surface area (Å²) >= 11 is 3.39. The lowest BCUT2D eigenvalue weighted by Gasteiger charge is -2.31. The van der Waals surface area contributed by atoms with Crippen molar-refractivity contribution in [1.82, 2.24) is 10.2 Å². The Hall–Kier alpha value is -1.36. The highest BCUT2D eigenvalue weighted by atomic mass is 79.9. The van der Waals surface area contributed by atoms with Gasteiger partial charge in [0.1, 0.15) is 0 Å². The molecular formula is C18H25BrN2O2. The fourth-order valence-electron chi connectivity index (χ4n) is 2.78. The Morgan fingerprint density at radius 1 is 1.30 bits per heavy atom. The van der Waals surface area contributed by atoms with Crippen LogP contribution in [0.1, 0.15) is 43.5 Å². The van der Waals surface area contributed by atoms with E-state index in [0.29, 0.717) is 24.6 Å². The number of amides is 2. The smallest absolute Gasteiger partial charge is 0.253 e. The molecule has 1 N–H and O–H groups in total. The lowest BCUT2D eigenvalue weighted by molar-refractivity contribution is -0.126. The van der Waals surface area contributed by atoms with Crippen LogP contribution in [0.25, 0.3) is 0 Å². The van der Waals surface area contributed by atoms with Crippen LogP contribution in [-0.2, 0) is 4.79 Å². The van der Waals surface area contributed by atoms with Gasteiger partial charge in [0.2, 0.25) is 5.91 Å². The molecule has 1 aromatic rings. The van der Waals surface area contributed by atoms with Crippen LogP contribution in [0.3, 0.4) is 0 Å². The summed E-state index contributed by atoms with van der Waals surface area (Å²) in [5, 5.41) is 3.02. The van der Waals surface area contributed by atoms with Gasteiger partial charge in [-0.25, -0.2) is 0 Å². The zero-order valence-electron chi connectivity index (χ0n) is 13.8. The number of benzene rings is 1. The van der Waals surface area contributed by atoms with Crippen molar-refractivity contribution >= 4 is 27.7 Å². The summed E-state index contributed by atoms with van der Waals surface area (Å²) in [7, 11) is 0. The van der Waals surface area contributed by atoms with Gasteiger partial charge in [0.15, 0.2) is 0 Å². The Balaban J connectivity index is 1.81. The molecule has 1 heterocycles. The van der Waals surface area contributed by atoms with Crippen LogP contribution >= 0.6 is 15.9 Å². The molecule has 1 fully saturated rings. The van der Waals surface area contributed by atoms with Gasteiger partial charge in [-0.2, -0.15) is 0 Å². The predicted octanol–water partition coefficient (Wildman–Crippen LogP) is 3.46. The molecule has 0 spiro atoms. The van der Waals surface area contributed by atoms with Gasteiger partial charge in [-0.1, -0.05) is 35.8 Å². The monoisotopic (exact) mass is 380 g/mol.